The number of rotatable bonds is 4. The maximum atomic E-state index is 11.0. The van der Waals surface area contributed by atoms with E-state index in [0.717, 1.165) is 10.2 Å². The second-order valence-electron chi connectivity index (χ2n) is 3.59. The lowest BCUT2D eigenvalue weighted by atomic mass is 10.2. The minimum atomic E-state index is -0.807. The van der Waals surface area contributed by atoms with Gasteiger partial charge in [-0.2, -0.15) is 5.26 Å². The second-order valence-corrected chi connectivity index (χ2v) is 5.93. The van der Waals surface area contributed by atoms with Crippen LogP contribution >= 0.6 is 15.9 Å². The maximum Gasteiger partial charge on any atom is 0.100 e. The van der Waals surface area contributed by atoms with Crippen molar-refractivity contribution < 1.29 is 4.21 Å². The smallest absolute Gasteiger partial charge is 0.100 e. The van der Waals surface area contributed by atoms with E-state index in [1.54, 1.807) is 12.3 Å². The Bertz CT molecular complexity index is 442. The zero-order chi connectivity index (χ0) is 12.1. The molecule has 0 heterocycles. The predicted octanol–water partition coefficient (Wildman–Crippen LogP) is 2.50. The monoisotopic (exact) mass is 300 g/mol. The Kier molecular flexibility index (Phi) is 4.97. The molecule has 1 rings (SSSR count). The lowest BCUT2D eigenvalue weighted by Crippen LogP contribution is -2.22. The van der Waals surface area contributed by atoms with Crippen LogP contribution in [0.15, 0.2) is 22.7 Å². The van der Waals surface area contributed by atoms with Crippen LogP contribution in [0.2, 0.25) is 0 Å². The summed E-state index contributed by atoms with van der Waals surface area (Å²) in [5.74, 6) is 0.609. The number of anilines is 1. The highest BCUT2D eigenvalue weighted by Gasteiger charge is 2.06. The fraction of sp³-hybridized carbons (Fsp3) is 0.364. The van der Waals surface area contributed by atoms with Gasteiger partial charge < -0.3 is 5.32 Å². The topological polar surface area (TPSA) is 52.9 Å². The van der Waals surface area contributed by atoms with Crippen molar-refractivity contribution in [1.82, 2.24) is 0 Å². The molecule has 1 aromatic rings. The van der Waals surface area contributed by atoms with E-state index in [1.807, 2.05) is 19.1 Å². The molecule has 1 aromatic carbocycles. The molecule has 0 amide bonds. The molecular formula is C11H13BrN2OS. The number of nitrogens with one attached hydrogen (secondary N) is 1. The van der Waals surface area contributed by atoms with Crippen molar-refractivity contribution in [1.29, 1.82) is 5.26 Å². The molecular weight excluding hydrogens is 288 g/mol. The standard InChI is InChI=1S/C11H13BrN2OS/c1-8(7-16(2)15)14-10-4-3-9(6-13)11(12)5-10/h3-5,8,14H,7H2,1-2H3. The van der Waals surface area contributed by atoms with E-state index in [4.69, 9.17) is 5.26 Å². The van der Waals surface area contributed by atoms with Crippen LogP contribution in [0, 0.1) is 11.3 Å². The minimum Gasteiger partial charge on any atom is -0.382 e. The van der Waals surface area contributed by atoms with E-state index < -0.39 is 10.8 Å². The van der Waals surface area contributed by atoms with Crippen molar-refractivity contribution in [3.05, 3.63) is 28.2 Å². The van der Waals surface area contributed by atoms with Crippen molar-refractivity contribution in [2.75, 3.05) is 17.3 Å². The van der Waals surface area contributed by atoms with Crippen LogP contribution in [-0.4, -0.2) is 22.3 Å². The zero-order valence-corrected chi connectivity index (χ0v) is 11.6. The van der Waals surface area contributed by atoms with Gasteiger partial charge in [0.2, 0.25) is 0 Å². The maximum absolute atomic E-state index is 11.0. The first-order chi connectivity index (χ1) is 7.52. The highest BCUT2D eigenvalue weighted by molar-refractivity contribution is 9.10. The highest BCUT2D eigenvalue weighted by Crippen LogP contribution is 2.21. The molecule has 0 bridgehead atoms. The molecule has 0 aliphatic heterocycles. The summed E-state index contributed by atoms with van der Waals surface area (Å²) in [7, 11) is -0.807. The summed E-state index contributed by atoms with van der Waals surface area (Å²) in [5.41, 5.74) is 1.53. The minimum absolute atomic E-state index is 0.144. The first kappa shape index (κ1) is 13.2. The number of hydrogen-bond donors (Lipinski definition) is 1. The van der Waals surface area contributed by atoms with E-state index in [0.29, 0.717) is 11.3 Å². The molecule has 0 fully saturated rings. The van der Waals surface area contributed by atoms with Crippen LogP contribution in [0.5, 0.6) is 0 Å². The van der Waals surface area contributed by atoms with Gasteiger partial charge in [-0.05, 0) is 41.1 Å². The van der Waals surface area contributed by atoms with Crippen LogP contribution in [0.3, 0.4) is 0 Å². The van der Waals surface area contributed by atoms with Gasteiger partial charge in [0, 0.05) is 39.0 Å². The Morgan fingerprint density at radius 1 is 1.62 bits per heavy atom. The Morgan fingerprint density at radius 2 is 2.31 bits per heavy atom. The van der Waals surface area contributed by atoms with Crippen LogP contribution in [-0.2, 0) is 10.8 Å². The van der Waals surface area contributed by atoms with E-state index in [-0.39, 0.29) is 6.04 Å². The van der Waals surface area contributed by atoms with Crippen LogP contribution in [0.4, 0.5) is 5.69 Å². The number of nitrogens with zero attached hydrogens (tertiary/aromatic N) is 1. The van der Waals surface area contributed by atoms with E-state index in [1.165, 1.54) is 0 Å². The van der Waals surface area contributed by atoms with E-state index >= 15 is 0 Å². The van der Waals surface area contributed by atoms with Gasteiger partial charge in [-0.25, -0.2) is 0 Å². The van der Waals surface area contributed by atoms with E-state index in [9.17, 15) is 4.21 Å². The third-order valence-corrected chi connectivity index (χ3v) is 3.61. The summed E-state index contributed by atoms with van der Waals surface area (Å²) in [6.45, 7) is 1.98. The molecule has 0 saturated carbocycles. The van der Waals surface area contributed by atoms with Crippen molar-refractivity contribution in [2.45, 2.75) is 13.0 Å². The van der Waals surface area contributed by atoms with Gasteiger partial charge in [0.05, 0.1) is 5.56 Å². The normalized spacial score (nSPS) is 13.9. The highest BCUT2D eigenvalue weighted by atomic mass is 79.9. The molecule has 0 aromatic heterocycles. The molecule has 0 radical (unpaired) electrons. The van der Waals surface area contributed by atoms with Gasteiger partial charge >= 0.3 is 0 Å². The Hall–Kier alpha value is -0.860. The van der Waals surface area contributed by atoms with Gasteiger partial charge in [-0.3, -0.25) is 4.21 Å². The lowest BCUT2D eigenvalue weighted by molar-refractivity contribution is 0.683. The molecule has 5 heteroatoms. The fourth-order valence-corrected chi connectivity index (χ4v) is 2.63. The number of benzene rings is 1. The predicted molar refractivity (Wildman–Crippen MR) is 70.9 cm³/mol. The van der Waals surface area contributed by atoms with Crippen LogP contribution < -0.4 is 5.32 Å². The van der Waals surface area contributed by atoms with Crippen LogP contribution in [0.1, 0.15) is 12.5 Å². The van der Waals surface area contributed by atoms with Gasteiger partial charge in [-0.1, -0.05) is 0 Å². The summed E-state index contributed by atoms with van der Waals surface area (Å²) in [4.78, 5) is 0. The first-order valence-electron chi connectivity index (χ1n) is 4.79. The number of halogens is 1. The first-order valence-corrected chi connectivity index (χ1v) is 7.31. The van der Waals surface area contributed by atoms with E-state index in [2.05, 4.69) is 27.3 Å². The zero-order valence-electron chi connectivity index (χ0n) is 9.16. The Labute approximate surface area is 106 Å². The molecule has 3 nitrogen and oxygen atoms in total. The molecule has 0 aliphatic rings. The Morgan fingerprint density at radius 3 is 2.81 bits per heavy atom. The Balaban J connectivity index is 2.72. The molecule has 16 heavy (non-hydrogen) atoms. The SMILES string of the molecule is CC(CS(C)=O)Nc1ccc(C#N)c(Br)c1. The third-order valence-electron chi connectivity index (χ3n) is 1.99. The van der Waals surface area contributed by atoms with Crippen LogP contribution in [0.25, 0.3) is 0 Å². The van der Waals surface area contributed by atoms with Crippen molar-refractivity contribution in [2.24, 2.45) is 0 Å². The molecule has 0 spiro atoms. The molecule has 2 unspecified atom stereocenters. The lowest BCUT2D eigenvalue weighted by Gasteiger charge is -2.14. The largest absolute Gasteiger partial charge is 0.382 e. The molecule has 86 valence electrons. The molecule has 0 saturated heterocycles. The summed E-state index contributed by atoms with van der Waals surface area (Å²) in [6.07, 6.45) is 1.69. The average molecular weight is 301 g/mol. The number of hydrogen-bond acceptors (Lipinski definition) is 3. The third kappa shape index (κ3) is 3.95. The quantitative estimate of drug-likeness (QED) is 0.929. The summed E-state index contributed by atoms with van der Waals surface area (Å²) < 4.78 is 11.8. The number of nitriles is 1. The van der Waals surface area contributed by atoms with Crippen molar-refractivity contribution in [3.8, 4) is 6.07 Å². The summed E-state index contributed by atoms with van der Waals surface area (Å²) >= 11 is 3.33. The molecule has 2 atom stereocenters. The summed E-state index contributed by atoms with van der Waals surface area (Å²) in [5, 5.41) is 12.0. The van der Waals surface area contributed by atoms with Gasteiger partial charge in [0.1, 0.15) is 6.07 Å². The molecule has 1 N–H and O–H groups in total. The van der Waals surface area contributed by atoms with Crippen molar-refractivity contribution in [3.63, 3.8) is 0 Å². The van der Waals surface area contributed by atoms with Gasteiger partial charge in [0.25, 0.3) is 0 Å². The van der Waals surface area contributed by atoms with Gasteiger partial charge in [0.15, 0.2) is 0 Å². The van der Waals surface area contributed by atoms with Crippen molar-refractivity contribution >= 4 is 32.4 Å². The second kappa shape index (κ2) is 6.02. The summed E-state index contributed by atoms with van der Waals surface area (Å²) in [6, 6.07) is 7.68. The van der Waals surface area contributed by atoms with Gasteiger partial charge in [-0.15, -0.1) is 0 Å². The average Bonchev–Trinajstić information content (AvgIpc) is 2.16. The fourth-order valence-electron chi connectivity index (χ4n) is 1.37. The molecule has 0 aliphatic carbocycles.